The molecule has 196 valence electrons. The Morgan fingerprint density at radius 3 is 2.17 bits per heavy atom. The van der Waals surface area contributed by atoms with Gasteiger partial charge < -0.3 is 10.6 Å². The average molecular weight is 537 g/mol. The van der Waals surface area contributed by atoms with Crippen LogP contribution < -0.4 is 16.0 Å². The molecule has 1 heterocycles. The highest BCUT2D eigenvalue weighted by molar-refractivity contribution is 7.84. The van der Waals surface area contributed by atoms with E-state index in [2.05, 4.69) is 10.6 Å². The van der Waals surface area contributed by atoms with Crippen LogP contribution in [0.5, 0.6) is 0 Å². The maximum atomic E-state index is 13.9. The van der Waals surface area contributed by atoms with Gasteiger partial charge in [-0.2, -0.15) is 26.3 Å². The van der Waals surface area contributed by atoms with Gasteiger partial charge in [0.1, 0.15) is 23.1 Å². The Morgan fingerprint density at radius 2 is 1.64 bits per heavy atom. The van der Waals surface area contributed by atoms with Gasteiger partial charge in [0, 0.05) is 25.7 Å². The zero-order chi connectivity index (χ0) is 26.9. The van der Waals surface area contributed by atoms with E-state index < -0.39 is 65.0 Å². The van der Waals surface area contributed by atoms with Crippen LogP contribution in [-0.2, 0) is 36.6 Å². The maximum Gasteiger partial charge on any atom is 0.407 e. The van der Waals surface area contributed by atoms with Crippen molar-refractivity contribution in [3.8, 4) is 0 Å². The van der Waals surface area contributed by atoms with Gasteiger partial charge in [0.25, 0.3) is 0 Å². The second kappa shape index (κ2) is 10.2. The molecule has 1 aliphatic heterocycles. The van der Waals surface area contributed by atoms with E-state index >= 15 is 0 Å². The second-order valence-corrected chi connectivity index (χ2v) is 9.91. The van der Waals surface area contributed by atoms with Crippen LogP contribution in [0.4, 0.5) is 32.0 Å². The quantitative estimate of drug-likeness (QED) is 0.283. The molecule has 0 saturated heterocycles. The zero-order valence-corrected chi connectivity index (χ0v) is 20.1. The SMILES string of the molecule is CC(=O)NCCC(c1ccc(NC(=O)C2NCc3cc([SH+](C)=O)ccc32)cc1)(C(F)(F)F)C(F)(F)F. The van der Waals surface area contributed by atoms with Crippen molar-refractivity contribution in [1.29, 1.82) is 0 Å². The number of carbonyl (C=O) groups is 2. The van der Waals surface area contributed by atoms with Crippen molar-refractivity contribution in [2.24, 2.45) is 0 Å². The number of alkyl halides is 6. The second-order valence-electron chi connectivity index (χ2n) is 8.39. The molecular formula is C23H24F6N3O3S+. The summed E-state index contributed by atoms with van der Waals surface area (Å²) in [6, 6.07) is 7.49. The molecule has 36 heavy (non-hydrogen) atoms. The third-order valence-corrected chi connectivity index (χ3v) is 7.05. The fourth-order valence-corrected chi connectivity index (χ4v) is 4.80. The van der Waals surface area contributed by atoms with Crippen molar-refractivity contribution in [3.63, 3.8) is 0 Å². The van der Waals surface area contributed by atoms with Crippen molar-refractivity contribution in [2.45, 2.75) is 48.6 Å². The molecule has 0 saturated carbocycles. The van der Waals surface area contributed by atoms with E-state index in [1.165, 1.54) is 0 Å². The lowest BCUT2D eigenvalue weighted by molar-refractivity contribution is -0.305. The van der Waals surface area contributed by atoms with E-state index in [0.29, 0.717) is 29.1 Å². The van der Waals surface area contributed by atoms with Gasteiger partial charge in [-0.3, -0.25) is 14.9 Å². The molecule has 0 radical (unpaired) electrons. The number of halogens is 6. The summed E-state index contributed by atoms with van der Waals surface area (Å²) in [4.78, 5) is 24.4. The zero-order valence-electron chi connectivity index (χ0n) is 19.2. The van der Waals surface area contributed by atoms with Gasteiger partial charge in [-0.15, -0.1) is 4.21 Å². The molecule has 0 spiro atoms. The van der Waals surface area contributed by atoms with Crippen molar-refractivity contribution >= 4 is 28.3 Å². The van der Waals surface area contributed by atoms with Crippen LogP contribution in [0.3, 0.4) is 0 Å². The summed E-state index contributed by atoms with van der Waals surface area (Å²) in [5, 5.41) is 7.46. The van der Waals surface area contributed by atoms with Crippen LogP contribution in [0, 0.1) is 0 Å². The summed E-state index contributed by atoms with van der Waals surface area (Å²) >= 11 is 0. The molecule has 2 unspecified atom stereocenters. The number of nitrogens with one attached hydrogen (secondary N) is 3. The molecule has 13 heteroatoms. The first-order chi connectivity index (χ1) is 16.7. The molecule has 0 aliphatic carbocycles. The molecule has 2 amide bonds. The number of thiol groups is 1. The first-order valence-electron chi connectivity index (χ1n) is 10.7. The lowest BCUT2D eigenvalue weighted by Crippen LogP contribution is -2.55. The van der Waals surface area contributed by atoms with E-state index in [-0.39, 0.29) is 5.69 Å². The highest BCUT2D eigenvalue weighted by Crippen LogP contribution is 2.54. The Hall–Kier alpha value is -2.93. The van der Waals surface area contributed by atoms with Crippen molar-refractivity contribution in [2.75, 3.05) is 18.1 Å². The Kier molecular flexibility index (Phi) is 7.84. The molecule has 1 aliphatic rings. The van der Waals surface area contributed by atoms with Gasteiger partial charge >= 0.3 is 12.4 Å². The summed E-state index contributed by atoms with van der Waals surface area (Å²) in [6.45, 7) is 0.479. The molecule has 6 nitrogen and oxygen atoms in total. The van der Waals surface area contributed by atoms with Crippen LogP contribution in [0.25, 0.3) is 0 Å². The van der Waals surface area contributed by atoms with Crippen LogP contribution in [-0.4, -0.2) is 37.0 Å². The van der Waals surface area contributed by atoms with Crippen LogP contribution in [0.15, 0.2) is 47.4 Å². The van der Waals surface area contributed by atoms with Gasteiger partial charge in [0.2, 0.25) is 11.8 Å². The molecular weight excluding hydrogens is 512 g/mol. The summed E-state index contributed by atoms with van der Waals surface area (Å²) in [7, 11) is -1.57. The predicted molar refractivity (Wildman–Crippen MR) is 122 cm³/mol. The number of benzene rings is 2. The number of rotatable bonds is 7. The van der Waals surface area contributed by atoms with Crippen LogP contribution >= 0.6 is 0 Å². The number of hydrogen-bond donors (Lipinski definition) is 3. The summed E-state index contributed by atoms with van der Waals surface area (Å²) in [6.07, 6.45) is -11.3. The first kappa shape index (κ1) is 27.7. The Bertz CT molecular complexity index is 1150. The highest BCUT2D eigenvalue weighted by atomic mass is 32.2. The van der Waals surface area contributed by atoms with Gasteiger partial charge in [-0.1, -0.05) is 18.2 Å². The molecule has 2 atom stereocenters. The average Bonchev–Trinajstić information content (AvgIpc) is 3.19. The molecule has 0 fully saturated rings. The Labute approximate surface area is 205 Å². The first-order valence-corrected chi connectivity index (χ1v) is 12.4. The lowest BCUT2D eigenvalue weighted by Gasteiger charge is -2.38. The smallest absolute Gasteiger partial charge is 0.356 e. The van der Waals surface area contributed by atoms with Gasteiger partial charge in [0.15, 0.2) is 10.3 Å². The Balaban J connectivity index is 1.84. The topological polar surface area (TPSA) is 87.3 Å². The van der Waals surface area contributed by atoms with Gasteiger partial charge in [0.05, 0.1) is 0 Å². The minimum absolute atomic E-state index is 0.00682. The summed E-state index contributed by atoms with van der Waals surface area (Å²) < 4.78 is 95.0. The van der Waals surface area contributed by atoms with E-state index in [1.807, 2.05) is 5.32 Å². The normalized spacial score (nSPS) is 16.8. The standard InChI is InChI=1S/C23H23F6N3O3S/c1-13(33)30-10-9-21(22(24,25)26,23(27,28)29)15-3-5-16(6-4-15)32-20(34)19-18-8-7-17(36(2)35)11-14(18)12-31-19/h3-8,11,19,31H,9-10,12H2,1-2H3,(H,30,33)(H,32,34)/p+1. The van der Waals surface area contributed by atoms with E-state index in [1.54, 1.807) is 24.5 Å². The molecule has 0 bridgehead atoms. The lowest BCUT2D eigenvalue weighted by atomic mass is 9.75. The van der Waals surface area contributed by atoms with Crippen LogP contribution in [0.1, 0.15) is 36.1 Å². The summed E-state index contributed by atoms with van der Waals surface area (Å²) in [5.74, 6) is -1.31. The third-order valence-electron chi connectivity index (χ3n) is 6.05. The number of fused-ring (bicyclic) bond motifs is 1. The molecule has 2 aromatic rings. The minimum atomic E-state index is -5.70. The van der Waals surface area contributed by atoms with Gasteiger partial charge in [-0.25, -0.2) is 0 Å². The van der Waals surface area contributed by atoms with Crippen molar-refractivity contribution in [3.05, 3.63) is 59.2 Å². The molecule has 3 rings (SSSR count). The fraction of sp³-hybridized carbons (Fsp3) is 0.391. The van der Waals surface area contributed by atoms with E-state index in [4.69, 9.17) is 0 Å². The maximum absolute atomic E-state index is 13.9. The third kappa shape index (κ3) is 5.41. The van der Waals surface area contributed by atoms with E-state index in [0.717, 1.165) is 24.6 Å². The fourth-order valence-electron chi connectivity index (χ4n) is 4.17. The molecule has 0 aromatic heterocycles. The number of hydrogen-bond acceptors (Lipinski definition) is 4. The van der Waals surface area contributed by atoms with Crippen LogP contribution in [0.2, 0.25) is 0 Å². The van der Waals surface area contributed by atoms with Crippen molar-refractivity contribution in [1.82, 2.24) is 10.6 Å². The van der Waals surface area contributed by atoms with Gasteiger partial charge in [-0.05, 0) is 47.4 Å². The largest absolute Gasteiger partial charge is 0.407 e. The minimum Gasteiger partial charge on any atom is -0.356 e. The van der Waals surface area contributed by atoms with Crippen molar-refractivity contribution < 1.29 is 40.1 Å². The molecule has 3 N–H and O–H groups in total. The number of amides is 2. The Morgan fingerprint density at radius 1 is 1.03 bits per heavy atom. The highest BCUT2D eigenvalue weighted by Gasteiger charge is 2.70. The monoisotopic (exact) mass is 536 g/mol. The predicted octanol–water partition coefficient (Wildman–Crippen LogP) is 4.04. The molecule has 2 aromatic carbocycles. The number of carbonyl (C=O) groups excluding carboxylic acids is 2. The number of anilines is 1. The van der Waals surface area contributed by atoms with E-state index in [9.17, 15) is 40.1 Å². The summed E-state index contributed by atoms with van der Waals surface area (Å²) in [5.41, 5.74) is -3.86.